The van der Waals surface area contributed by atoms with Crippen LogP contribution in [0.4, 0.5) is 5.69 Å². The number of nitrogens with one attached hydrogen (secondary N) is 3. The molecule has 55 heavy (non-hydrogen) atoms. The number of amides is 3. The zero-order valence-electron chi connectivity index (χ0n) is 31.1. The Bertz CT molecular complexity index is 1600. The van der Waals surface area contributed by atoms with Crippen LogP contribution in [-0.4, -0.2) is 121 Å². The number of methoxy groups -OCH3 is 1. The van der Waals surface area contributed by atoms with Crippen molar-refractivity contribution >= 4 is 53.3 Å². The van der Waals surface area contributed by atoms with E-state index in [1.807, 2.05) is 0 Å². The number of nitro groups is 1. The van der Waals surface area contributed by atoms with E-state index in [9.17, 15) is 48.5 Å². The zero-order valence-corrected chi connectivity index (χ0v) is 31.1. The van der Waals surface area contributed by atoms with Gasteiger partial charge in [-0.05, 0) is 32.4 Å². The van der Waals surface area contributed by atoms with Gasteiger partial charge in [0.15, 0.2) is 18.5 Å². The molecule has 22 nitrogen and oxygen atoms in total. The highest BCUT2D eigenvalue weighted by molar-refractivity contribution is 5.94. The van der Waals surface area contributed by atoms with E-state index in [0.717, 1.165) is 46.9 Å². The summed E-state index contributed by atoms with van der Waals surface area (Å²) in [5.74, 6) is -6.93. The smallest absolute Gasteiger partial charge is 0.336 e. The van der Waals surface area contributed by atoms with Gasteiger partial charge >= 0.3 is 29.8 Å². The fraction of sp³-hybridized carbons (Fsp3) is 0.576. The summed E-state index contributed by atoms with van der Waals surface area (Å²) in [6.07, 6.45) is -6.43. The normalized spacial score (nSPS) is 20.3. The van der Waals surface area contributed by atoms with Gasteiger partial charge in [0.25, 0.3) is 5.69 Å². The van der Waals surface area contributed by atoms with Crippen molar-refractivity contribution in [3.05, 3.63) is 34.4 Å². The van der Waals surface area contributed by atoms with Crippen molar-refractivity contribution in [3.63, 3.8) is 0 Å². The molecule has 0 aliphatic carbocycles. The molecule has 0 spiro atoms. The van der Waals surface area contributed by atoms with Crippen LogP contribution in [0.3, 0.4) is 0 Å². The summed E-state index contributed by atoms with van der Waals surface area (Å²) in [5.41, 5.74) is 3.87. The van der Waals surface area contributed by atoms with Gasteiger partial charge in [-0.15, -0.1) is 0 Å². The number of non-ortho nitro benzene ring substituents is 1. The standard InChI is InChI=1S/C33H45N5O17/c1-16(39)35-26-28(53-19(4)42)27(52-18(3)41)24(15-50-17(2)40)55-31(26)51-14-23(36-29(44)22(34)12-13-25(43)49-7)30(45)37-33(5,6)32(46)54-21-10-8-20(9-11-21)38(47)48/h8-11,22-24,26-28,31H,12-15,34H2,1-7H3,(H,35,39)(H,36,44)(H,37,45)/t22-,23-,24+,26+,27+,28+,31+/m0/s1. The molecular formula is C33H45N5O17. The van der Waals surface area contributed by atoms with Crippen LogP contribution >= 0.6 is 0 Å². The fourth-order valence-corrected chi connectivity index (χ4v) is 4.91. The quantitative estimate of drug-likeness (QED) is 0.0448. The van der Waals surface area contributed by atoms with Gasteiger partial charge in [0.05, 0.1) is 24.7 Å². The number of nitro benzene ring substituents is 1. The maximum atomic E-state index is 13.8. The first kappa shape index (κ1) is 45.4. The Kier molecular flexibility index (Phi) is 17.0. The summed E-state index contributed by atoms with van der Waals surface area (Å²) in [6.45, 7) is 5.46. The molecule has 1 fully saturated rings. The van der Waals surface area contributed by atoms with Gasteiger partial charge < -0.3 is 54.8 Å². The Morgan fingerprint density at radius 2 is 1.53 bits per heavy atom. The number of benzene rings is 1. The van der Waals surface area contributed by atoms with E-state index in [2.05, 4.69) is 20.7 Å². The third-order valence-corrected chi connectivity index (χ3v) is 7.56. The van der Waals surface area contributed by atoms with E-state index in [4.69, 9.17) is 34.2 Å². The topological polar surface area (TPSA) is 306 Å². The number of carbonyl (C=O) groups excluding carboxylic acids is 8. The number of carbonyl (C=O) groups is 8. The second-order valence-electron chi connectivity index (χ2n) is 12.6. The minimum absolute atomic E-state index is 0.0844. The highest BCUT2D eigenvalue weighted by Crippen LogP contribution is 2.28. The van der Waals surface area contributed by atoms with Crippen molar-refractivity contribution in [2.24, 2.45) is 5.73 Å². The molecule has 0 unspecified atom stereocenters. The molecule has 7 atom stereocenters. The summed E-state index contributed by atoms with van der Waals surface area (Å²) in [7, 11) is 1.14. The fourth-order valence-electron chi connectivity index (χ4n) is 4.91. The maximum absolute atomic E-state index is 13.8. The number of ether oxygens (including phenoxy) is 7. The van der Waals surface area contributed by atoms with Crippen molar-refractivity contribution in [2.45, 2.75) is 103 Å². The van der Waals surface area contributed by atoms with Crippen LogP contribution in [0.15, 0.2) is 24.3 Å². The minimum Gasteiger partial charge on any atom is -0.469 e. The van der Waals surface area contributed by atoms with Gasteiger partial charge in [0.2, 0.25) is 17.7 Å². The van der Waals surface area contributed by atoms with Crippen LogP contribution in [0.25, 0.3) is 0 Å². The average molecular weight is 784 g/mol. The largest absolute Gasteiger partial charge is 0.469 e. The monoisotopic (exact) mass is 783 g/mol. The molecule has 0 bridgehead atoms. The summed E-state index contributed by atoms with van der Waals surface area (Å²) >= 11 is 0. The predicted octanol–water partition coefficient (Wildman–Crippen LogP) is -1.17. The molecule has 1 saturated heterocycles. The van der Waals surface area contributed by atoms with Gasteiger partial charge in [0, 0.05) is 46.2 Å². The van der Waals surface area contributed by atoms with Crippen molar-refractivity contribution in [1.29, 1.82) is 0 Å². The van der Waals surface area contributed by atoms with Crippen LogP contribution in [-0.2, 0) is 66.8 Å². The van der Waals surface area contributed by atoms with Crippen LogP contribution in [0.2, 0.25) is 0 Å². The molecule has 1 aliphatic heterocycles. The van der Waals surface area contributed by atoms with Gasteiger partial charge in [-0.25, -0.2) is 4.79 Å². The lowest BCUT2D eigenvalue weighted by atomic mass is 9.96. The molecule has 1 aromatic rings. The molecule has 0 aromatic heterocycles. The first-order chi connectivity index (χ1) is 25.6. The Morgan fingerprint density at radius 3 is 2.05 bits per heavy atom. The summed E-state index contributed by atoms with van der Waals surface area (Å²) in [6, 6.07) is 0.0429. The van der Waals surface area contributed by atoms with Crippen LogP contribution in [0, 0.1) is 10.1 Å². The van der Waals surface area contributed by atoms with Gasteiger partial charge in [0.1, 0.15) is 36.1 Å². The van der Waals surface area contributed by atoms with Gasteiger partial charge in [-0.3, -0.25) is 43.7 Å². The van der Waals surface area contributed by atoms with E-state index in [0.29, 0.717) is 0 Å². The molecule has 0 saturated carbocycles. The predicted molar refractivity (Wildman–Crippen MR) is 182 cm³/mol. The van der Waals surface area contributed by atoms with Crippen LogP contribution < -0.4 is 26.4 Å². The molecule has 2 rings (SSSR count). The summed E-state index contributed by atoms with van der Waals surface area (Å²) in [5, 5.41) is 18.3. The van der Waals surface area contributed by atoms with E-state index in [1.165, 1.54) is 26.0 Å². The number of rotatable bonds is 18. The van der Waals surface area contributed by atoms with Gasteiger partial charge in [-0.1, -0.05) is 0 Å². The first-order valence-electron chi connectivity index (χ1n) is 16.6. The second kappa shape index (κ2) is 20.6. The van der Waals surface area contributed by atoms with Crippen molar-refractivity contribution in [3.8, 4) is 5.75 Å². The van der Waals surface area contributed by atoms with Gasteiger partial charge in [-0.2, -0.15) is 0 Å². The zero-order chi connectivity index (χ0) is 41.6. The Hall–Kier alpha value is -5.74. The molecule has 5 N–H and O–H groups in total. The molecule has 1 heterocycles. The van der Waals surface area contributed by atoms with Crippen molar-refractivity contribution in [1.82, 2.24) is 16.0 Å². The number of nitrogens with zero attached hydrogens (tertiary/aromatic N) is 1. The lowest BCUT2D eigenvalue weighted by molar-refractivity contribution is -0.384. The summed E-state index contributed by atoms with van der Waals surface area (Å²) < 4.78 is 37.5. The third-order valence-electron chi connectivity index (χ3n) is 7.56. The van der Waals surface area contributed by atoms with E-state index in [-0.39, 0.29) is 24.3 Å². The highest BCUT2D eigenvalue weighted by atomic mass is 16.7. The van der Waals surface area contributed by atoms with E-state index >= 15 is 0 Å². The molecular weight excluding hydrogens is 738 g/mol. The number of esters is 5. The number of hydrogen-bond acceptors (Lipinski definition) is 18. The molecule has 304 valence electrons. The Balaban J connectivity index is 2.46. The molecule has 22 heteroatoms. The Labute approximate surface area is 314 Å². The lowest BCUT2D eigenvalue weighted by Crippen LogP contribution is -2.67. The molecule has 1 aromatic carbocycles. The minimum atomic E-state index is -1.82. The van der Waals surface area contributed by atoms with E-state index in [1.54, 1.807) is 0 Å². The molecule has 3 amide bonds. The Morgan fingerprint density at radius 1 is 0.927 bits per heavy atom. The second-order valence-corrected chi connectivity index (χ2v) is 12.6. The number of nitrogens with two attached hydrogens (primary N) is 1. The molecule has 1 aliphatic rings. The third kappa shape index (κ3) is 14.5. The van der Waals surface area contributed by atoms with Crippen molar-refractivity contribution < 1.29 is 76.4 Å². The first-order valence-corrected chi connectivity index (χ1v) is 16.6. The summed E-state index contributed by atoms with van der Waals surface area (Å²) in [4.78, 5) is 110. The number of hydrogen-bond donors (Lipinski definition) is 4. The maximum Gasteiger partial charge on any atom is 0.336 e. The van der Waals surface area contributed by atoms with Crippen LogP contribution in [0.1, 0.15) is 54.4 Å². The average Bonchev–Trinajstić information content (AvgIpc) is 3.09. The highest BCUT2D eigenvalue weighted by Gasteiger charge is 2.51. The lowest BCUT2D eigenvalue weighted by Gasteiger charge is -2.45. The van der Waals surface area contributed by atoms with Crippen molar-refractivity contribution in [2.75, 3.05) is 20.3 Å². The molecule has 0 radical (unpaired) electrons. The SMILES string of the molecule is COC(=O)CC[C@H](N)C(=O)N[C@@H](CO[C@@H]1O[C@H](COC(C)=O)[C@@H](OC(C)=O)[C@H](OC(C)=O)[C@H]1NC(C)=O)C(=O)NC(C)(C)C(=O)Oc1ccc([N+](=O)[O-])cc1. The van der Waals surface area contributed by atoms with E-state index < -0.39 is 114 Å². The van der Waals surface area contributed by atoms with Crippen LogP contribution in [0.5, 0.6) is 5.75 Å².